The Morgan fingerprint density at radius 3 is 2.38 bits per heavy atom. The van der Waals surface area contributed by atoms with Crippen LogP contribution < -0.4 is 0 Å². The van der Waals surface area contributed by atoms with Crippen LogP contribution in [-0.2, 0) is 4.74 Å². The van der Waals surface area contributed by atoms with Crippen LogP contribution in [0.2, 0.25) is 0 Å². The van der Waals surface area contributed by atoms with Gasteiger partial charge >= 0.3 is 6.09 Å². The number of rotatable bonds is 7. The highest BCUT2D eigenvalue weighted by atomic mass is 19.1. The van der Waals surface area contributed by atoms with E-state index in [9.17, 15) is 9.18 Å². The van der Waals surface area contributed by atoms with Gasteiger partial charge in [0.15, 0.2) is 0 Å². The molecular weight excluding hydrogens is 401 g/mol. The molecule has 3 aliphatic rings. The first-order chi connectivity index (χ1) is 15.8. The number of hydrogen-bond donors (Lipinski definition) is 0. The van der Waals surface area contributed by atoms with Crippen LogP contribution in [0.5, 0.6) is 0 Å². The molecule has 1 fully saturated rings. The van der Waals surface area contributed by atoms with Crippen LogP contribution in [0.4, 0.5) is 9.18 Å². The van der Waals surface area contributed by atoms with Gasteiger partial charge < -0.3 is 4.74 Å². The maximum absolute atomic E-state index is 13.2. The van der Waals surface area contributed by atoms with Gasteiger partial charge in [0, 0.05) is 12.0 Å². The number of benzene rings is 2. The molecule has 0 radical (unpaired) electrons. The van der Waals surface area contributed by atoms with E-state index < -0.39 is 0 Å². The number of piperidine rings is 1. The van der Waals surface area contributed by atoms with Crippen LogP contribution in [0.3, 0.4) is 0 Å². The van der Waals surface area contributed by atoms with E-state index in [1.165, 1.54) is 27.8 Å². The van der Waals surface area contributed by atoms with Gasteiger partial charge in [0.1, 0.15) is 6.61 Å². The predicted octanol–water partition coefficient (Wildman–Crippen LogP) is 7.02. The van der Waals surface area contributed by atoms with E-state index in [4.69, 9.17) is 4.74 Å². The number of carbonyl (C=O) groups is 1. The maximum Gasteiger partial charge on any atom is 0.410 e. The zero-order valence-corrected chi connectivity index (χ0v) is 18.6. The summed E-state index contributed by atoms with van der Waals surface area (Å²) < 4.78 is 18.3. The topological polar surface area (TPSA) is 29.5 Å². The molecule has 2 aromatic carbocycles. The first-order valence-corrected chi connectivity index (χ1v) is 12.1. The van der Waals surface area contributed by atoms with Crippen molar-refractivity contribution in [2.45, 2.75) is 69.4 Å². The first kappa shape index (κ1) is 21.2. The van der Waals surface area contributed by atoms with Gasteiger partial charge in [0.25, 0.3) is 0 Å². The van der Waals surface area contributed by atoms with Crippen LogP contribution >= 0.6 is 0 Å². The summed E-state index contributed by atoms with van der Waals surface area (Å²) in [4.78, 5) is 15.2. The monoisotopic (exact) mass is 433 g/mol. The van der Waals surface area contributed by atoms with E-state index in [0.29, 0.717) is 13.0 Å². The summed E-state index contributed by atoms with van der Waals surface area (Å²) in [6.45, 7) is 0.155. The fourth-order valence-electron chi connectivity index (χ4n) is 5.88. The summed E-state index contributed by atoms with van der Waals surface area (Å²) in [6.07, 6.45) is 9.96. The van der Waals surface area contributed by atoms with E-state index in [1.807, 2.05) is 4.90 Å². The van der Waals surface area contributed by atoms with Crippen molar-refractivity contribution < 1.29 is 13.9 Å². The molecule has 2 bridgehead atoms. The minimum absolute atomic E-state index is 0.0950. The molecule has 2 heterocycles. The molecule has 2 atom stereocenters. The smallest absolute Gasteiger partial charge is 0.410 e. The molecule has 1 amide bonds. The van der Waals surface area contributed by atoms with Crippen molar-refractivity contribution in [1.29, 1.82) is 0 Å². The highest BCUT2D eigenvalue weighted by Gasteiger charge is 2.38. The molecule has 4 heteroatoms. The number of unbranched alkanes of at least 4 members (excludes halogenated alkanes) is 2. The maximum atomic E-state index is 13.2. The van der Waals surface area contributed by atoms with Gasteiger partial charge in [-0.2, -0.15) is 0 Å². The quantitative estimate of drug-likeness (QED) is 0.347. The molecule has 2 aliphatic heterocycles. The Bertz CT molecular complexity index is 955. The number of hydrogen-bond acceptors (Lipinski definition) is 2. The van der Waals surface area contributed by atoms with Crippen LogP contribution in [0.15, 0.2) is 60.2 Å². The molecule has 0 N–H and O–H groups in total. The van der Waals surface area contributed by atoms with Crippen molar-refractivity contribution in [3.63, 3.8) is 0 Å². The standard InChI is InChI=1S/C28H32FNO2/c29-16-7-1-2-9-20-17-21-10-8-11-22(18-20)30(21)28(31)32-19-27-25-14-5-3-12-23(25)24-13-4-6-15-26(24)27/h3-6,12-15,17,21-22,27H,1-2,7-11,16,18-19H2. The van der Waals surface area contributed by atoms with Crippen LogP contribution in [0.1, 0.15) is 68.4 Å². The zero-order valence-electron chi connectivity index (χ0n) is 18.6. The molecule has 1 aliphatic carbocycles. The van der Waals surface area contributed by atoms with Gasteiger partial charge in [-0.3, -0.25) is 9.29 Å². The molecule has 0 aromatic heterocycles. The van der Waals surface area contributed by atoms with Crippen molar-refractivity contribution in [1.82, 2.24) is 4.90 Å². The number of halogens is 1. The molecule has 0 saturated carbocycles. The van der Waals surface area contributed by atoms with E-state index in [2.05, 4.69) is 54.6 Å². The molecule has 0 spiro atoms. The van der Waals surface area contributed by atoms with Crippen molar-refractivity contribution in [3.05, 3.63) is 71.3 Å². The molecule has 32 heavy (non-hydrogen) atoms. The SMILES string of the molecule is O=C(OCC1c2ccccc2-c2ccccc21)N1C2C=C(CCCCCF)CC1CCC2. The number of ether oxygens (including phenoxy) is 1. The Hall–Kier alpha value is -2.62. The lowest BCUT2D eigenvalue weighted by atomic mass is 9.84. The predicted molar refractivity (Wildman–Crippen MR) is 125 cm³/mol. The van der Waals surface area contributed by atoms with E-state index in [0.717, 1.165) is 44.9 Å². The minimum Gasteiger partial charge on any atom is -0.448 e. The largest absolute Gasteiger partial charge is 0.448 e. The van der Waals surface area contributed by atoms with Gasteiger partial charge in [0.05, 0.1) is 12.7 Å². The molecule has 2 unspecified atom stereocenters. The van der Waals surface area contributed by atoms with Crippen molar-refractivity contribution in [3.8, 4) is 11.1 Å². The van der Waals surface area contributed by atoms with Crippen LogP contribution in [0, 0.1) is 0 Å². The highest BCUT2D eigenvalue weighted by Crippen LogP contribution is 2.45. The third-order valence-corrected chi connectivity index (χ3v) is 7.39. The van der Waals surface area contributed by atoms with Crippen LogP contribution in [-0.4, -0.2) is 36.4 Å². The molecule has 1 saturated heterocycles. The van der Waals surface area contributed by atoms with Gasteiger partial charge in [-0.1, -0.05) is 66.6 Å². The normalized spacial score (nSPS) is 21.7. The Balaban J connectivity index is 1.26. The average molecular weight is 434 g/mol. The van der Waals surface area contributed by atoms with Gasteiger partial charge in [0.2, 0.25) is 0 Å². The lowest BCUT2D eigenvalue weighted by Gasteiger charge is -2.44. The Morgan fingerprint density at radius 2 is 1.69 bits per heavy atom. The second-order valence-electron chi connectivity index (χ2n) is 9.39. The molecule has 2 aromatic rings. The third kappa shape index (κ3) is 4.07. The van der Waals surface area contributed by atoms with E-state index >= 15 is 0 Å². The summed E-state index contributed by atoms with van der Waals surface area (Å²) in [5, 5.41) is 0. The Labute approximate surface area is 190 Å². The Kier molecular flexibility index (Phi) is 6.29. The Morgan fingerprint density at radius 1 is 0.969 bits per heavy atom. The zero-order chi connectivity index (χ0) is 21.9. The van der Waals surface area contributed by atoms with Gasteiger partial charge in [-0.05, 0) is 67.2 Å². The fraction of sp³-hybridized carbons (Fsp3) is 0.464. The highest BCUT2D eigenvalue weighted by molar-refractivity contribution is 5.79. The second kappa shape index (κ2) is 9.48. The molecule has 3 nitrogen and oxygen atoms in total. The summed E-state index contributed by atoms with van der Waals surface area (Å²) >= 11 is 0. The minimum atomic E-state index is -0.222. The van der Waals surface area contributed by atoms with Crippen LogP contribution in [0.25, 0.3) is 11.1 Å². The average Bonchev–Trinajstić information content (AvgIpc) is 3.13. The van der Waals surface area contributed by atoms with E-state index in [-0.39, 0.29) is 30.8 Å². The van der Waals surface area contributed by atoms with Crippen molar-refractivity contribution in [2.75, 3.05) is 13.3 Å². The molecular formula is C28H32FNO2. The van der Waals surface area contributed by atoms with Crippen molar-refractivity contribution >= 4 is 6.09 Å². The molecule has 168 valence electrons. The summed E-state index contributed by atoms with van der Waals surface area (Å²) in [5.41, 5.74) is 6.44. The first-order valence-electron chi connectivity index (χ1n) is 12.1. The van der Waals surface area contributed by atoms with Gasteiger partial charge in [-0.15, -0.1) is 0 Å². The summed E-state index contributed by atoms with van der Waals surface area (Å²) in [6, 6.07) is 17.3. The number of nitrogens with zero attached hydrogens (tertiary/aromatic N) is 1. The lowest BCUT2D eigenvalue weighted by Crippen LogP contribution is -2.52. The molecule has 5 rings (SSSR count). The fourth-order valence-corrected chi connectivity index (χ4v) is 5.88. The van der Waals surface area contributed by atoms with Crippen molar-refractivity contribution in [2.24, 2.45) is 0 Å². The number of carbonyl (C=O) groups excluding carboxylic acids is 1. The summed E-state index contributed by atoms with van der Waals surface area (Å²) in [5.74, 6) is 0.0950. The third-order valence-electron chi connectivity index (χ3n) is 7.39. The lowest BCUT2D eigenvalue weighted by molar-refractivity contribution is 0.0507. The van der Waals surface area contributed by atoms with E-state index in [1.54, 1.807) is 0 Å². The summed E-state index contributed by atoms with van der Waals surface area (Å²) in [7, 11) is 0. The van der Waals surface area contributed by atoms with Gasteiger partial charge in [-0.25, -0.2) is 4.79 Å². The number of amides is 1. The second-order valence-corrected chi connectivity index (χ2v) is 9.39. The number of alkyl halides is 1. The number of fused-ring (bicyclic) bond motifs is 5.